The number of allylic oxidation sites excluding steroid dienone is 2. The minimum Gasteiger partial charge on any atom is -0.489 e. The summed E-state index contributed by atoms with van der Waals surface area (Å²) in [6, 6.07) is 12.1. The van der Waals surface area contributed by atoms with Gasteiger partial charge in [0.05, 0.1) is 0 Å². The Labute approximate surface area is 227 Å². The maximum absolute atomic E-state index is 13.7. The van der Waals surface area contributed by atoms with E-state index < -0.39 is 0 Å². The highest BCUT2D eigenvalue weighted by molar-refractivity contribution is 6.29. The van der Waals surface area contributed by atoms with Crippen molar-refractivity contribution in [3.8, 4) is 5.75 Å². The van der Waals surface area contributed by atoms with E-state index in [0.717, 1.165) is 55.8 Å². The SMILES string of the molecule is CC1=C(c2c(C)c(C)c(C(C)CC(=O)c3c(C)cc(OCc4ccccc4)c(C)c3C)c(C)c2C)C(=O)C1. The molecule has 3 nitrogen and oxygen atoms in total. The Kier molecular flexibility index (Phi) is 7.78. The zero-order valence-electron chi connectivity index (χ0n) is 24.4. The molecule has 4 rings (SSSR count). The monoisotopic (exact) mass is 508 g/mol. The van der Waals surface area contributed by atoms with Gasteiger partial charge in [-0.2, -0.15) is 0 Å². The van der Waals surface area contributed by atoms with E-state index in [2.05, 4.69) is 53.7 Å². The summed E-state index contributed by atoms with van der Waals surface area (Å²) in [5.41, 5.74) is 14.0. The molecule has 0 saturated heterocycles. The van der Waals surface area contributed by atoms with Crippen LogP contribution in [0.2, 0.25) is 0 Å². The lowest BCUT2D eigenvalue weighted by Crippen LogP contribution is -2.19. The summed E-state index contributed by atoms with van der Waals surface area (Å²) in [4.78, 5) is 26.1. The third-order valence-electron chi connectivity index (χ3n) is 8.61. The fourth-order valence-electron chi connectivity index (χ4n) is 6.20. The van der Waals surface area contributed by atoms with Crippen molar-refractivity contribution in [2.75, 3.05) is 0 Å². The maximum atomic E-state index is 13.7. The van der Waals surface area contributed by atoms with Gasteiger partial charge in [-0.1, -0.05) is 42.8 Å². The second-order valence-electron chi connectivity index (χ2n) is 11.2. The van der Waals surface area contributed by atoms with E-state index in [-0.39, 0.29) is 17.5 Å². The van der Waals surface area contributed by atoms with Crippen molar-refractivity contribution in [2.24, 2.45) is 0 Å². The minimum absolute atomic E-state index is 0.0641. The zero-order chi connectivity index (χ0) is 27.9. The van der Waals surface area contributed by atoms with Crippen LogP contribution in [0, 0.1) is 48.5 Å². The number of hydrogen-bond donors (Lipinski definition) is 0. The molecule has 198 valence electrons. The van der Waals surface area contributed by atoms with Gasteiger partial charge in [0, 0.05) is 24.0 Å². The molecular formula is C35H40O3. The predicted octanol–water partition coefficient (Wildman–Crippen LogP) is 8.55. The highest BCUT2D eigenvalue weighted by Gasteiger charge is 2.30. The second kappa shape index (κ2) is 10.7. The van der Waals surface area contributed by atoms with Gasteiger partial charge in [0.25, 0.3) is 0 Å². The van der Waals surface area contributed by atoms with Gasteiger partial charge < -0.3 is 4.74 Å². The lowest BCUT2D eigenvalue weighted by molar-refractivity contribution is -0.114. The Bertz CT molecular complexity index is 1440. The third-order valence-corrected chi connectivity index (χ3v) is 8.61. The van der Waals surface area contributed by atoms with Gasteiger partial charge in [0.15, 0.2) is 11.6 Å². The fourth-order valence-corrected chi connectivity index (χ4v) is 6.20. The predicted molar refractivity (Wildman–Crippen MR) is 156 cm³/mol. The Morgan fingerprint density at radius 2 is 1.45 bits per heavy atom. The smallest absolute Gasteiger partial charge is 0.167 e. The molecule has 0 fully saturated rings. The van der Waals surface area contributed by atoms with Gasteiger partial charge in [-0.15, -0.1) is 0 Å². The first-order valence-electron chi connectivity index (χ1n) is 13.6. The molecule has 0 aliphatic heterocycles. The number of hydrogen-bond acceptors (Lipinski definition) is 3. The molecule has 0 saturated carbocycles. The van der Waals surface area contributed by atoms with Crippen LogP contribution in [0.25, 0.3) is 5.57 Å². The van der Waals surface area contributed by atoms with Gasteiger partial charge >= 0.3 is 0 Å². The van der Waals surface area contributed by atoms with Crippen LogP contribution in [0.5, 0.6) is 5.75 Å². The second-order valence-corrected chi connectivity index (χ2v) is 11.2. The molecule has 3 heteroatoms. The highest BCUT2D eigenvalue weighted by Crippen LogP contribution is 2.42. The van der Waals surface area contributed by atoms with Crippen LogP contribution in [0.4, 0.5) is 0 Å². The fraction of sp³-hybridized carbons (Fsp3) is 0.371. The van der Waals surface area contributed by atoms with Gasteiger partial charge in [-0.25, -0.2) is 0 Å². The van der Waals surface area contributed by atoms with Crippen LogP contribution in [-0.2, 0) is 11.4 Å². The molecule has 0 bridgehead atoms. The summed E-state index contributed by atoms with van der Waals surface area (Å²) >= 11 is 0. The first-order valence-corrected chi connectivity index (χ1v) is 13.6. The van der Waals surface area contributed by atoms with Crippen LogP contribution in [0.3, 0.4) is 0 Å². The Balaban J connectivity index is 1.61. The Morgan fingerprint density at radius 1 is 0.842 bits per heavy atom. The molecule has 0 aromatic heterocycles. The van der Waals surface area contributed by atoms with Crippen molar-refractivity contribution in [3.63, 3.8) is 0 Å². The number of ketones is 2. The molecule has 1 aliphatic rings. The van der Waals surface area contributed by atoms with Crippen LogP contribution in [0.15, 0.2) is 42.0 Å². The maximum Gasteiger partial charge on any atom is 0.167 e. The van der Waals surface area contributed by atoms with E-state index in [1.54, 1.807) is 0 Å². The number of carbonyl (C=O) groups is 2. The van der Waals surface area contributed by atoms with Crippen molar-refractivity contribution in [2.45, 2.75) is 87.7 Å². The molecule has 3 aromatic rings. The average molecular weight is 509 g/mol. The van der Waals surface area contributed by atoms with E-state index in [0.29, 0.717) is 19.4 Å². The van der Waals surface area contributed by atoms with Crippen LogP contribution >= 0.6 is 0 Å². The van der Waals surface area contributed by atoms with E-state index in [1.165, 1.54) is 22.3 Å². The number of aryl methyl sites for hydroxylation is 1. The number of Topliss-reactive ketones (excluding diaryl/α,β-unsaturated/α-hetero) is 2. The van der Waals surface area contributed by atoms with Crippen molar-refractivity contribution in [3.05, 3.63) is 103 Å². The van der Waals surface area contributed by atoms with Gasteiger partial charge in [0.1, 0.15) is 12.4 Å². The van der Waals surface area contributed by atoms with Gasteiger partial charge in [-0.3, -0.25) is 9.59 Å². The van der Waals surface area contributed by atoms with Crippen molar-refractivity contribution < 1.29 is 14.3 Å². The molecule has 0 amide bonds. The normalized spacial score (nSPS) is 14.0. The first kappa shape index (κ1) is 27.6. The highest BCUT2D eigenvalue weighted by atomic mass is 16.5. The van der Waals surface area contributed by atoms with Crippen molar-refractivity contribution in [1.29, 1.82) is 0 Å². The topological polar surface area (TPSA) is 43.4 Å². The van der Waals surface area contributed by atoms with Crippen molar-refractivity contribution in [1.82, 2.24) is 0 Å². The van der Waals surface area contributed by atoms with E-state index in [4.69, 9.17) is 4.74 Å². The number of benzene rings is 3. The molecule has 0 spiro atoms. The lowest BCUT2D eigenvalue weighted by Gasteiger charge is -2.29. The standard InChI is InChI=1S/C35H40O3/c1-19(32-24(6)26(8)35(27(9)25(32)7)34-20(2)16-30(34)37)15-29(36)33-21(3)17-31(22(4)23(33)5)38-18-28-13-11-10-12-14-28/h10-14,17,19H,15-16,18H2,1-9H3. The number of rotatable bonds is 8. The number of ether oxygens (including phenoxy) is 1. The summed E-state index contributed by atoms with van der Waals surface area (Å²) in [6.45, 7) is 19.3. The Hall–Kier alpha value is -3.46. The molecule has 0 radical (unpaired) electrons. The number of carbonyl (C=O) groups excluding carboxylic acids is 2. The van der Waals surface area contributed by atoms with E-state index in [9.17, 15) is 9.59 Å². The summed E-state index contributed by atoms with van der Waals surface area (Å²) in [5, 5.41) is 0. The minimum atomic E-state index is 0.0641. The molecule has 1 unspecified atom stereocenters. The first-order chi connectivity index (χ1) is 17.9. The molecule has 3 aromatic carbocycles. The van der Waals surface area contributed by atoms with Crippen LogP contribution in [0.1, 0.15) is 98.6 Å². The van der Waals surface area contributed by atoms with Crippen molar-refractivity contribution >= 4 is 17.1 Å². The summed E-state index contributed by atoms with van der Waals surface area (Å²) in [6.07, 6.45) is 0.999. The lowest BCUT2D eigenvalue weighted by atomic mass is 9.75. The molecular weight excluding hydrogens is 468 g/mol. The Morgan fingerprint density at radius 3 is 2.00 bits per heavy atom. The molecule has 1 atom stereocenters. The summed E-state index contributed by atoms with van der Waals surface area (Å²) in [5.74, 6) is 1.29. The van der Waals surface area contributed by atoms with E-state index >= 15 is 0 Å². The molecule has 1 aliphatic carbocycles. The largest absolute Gasteiger partial charge is 0.489 e. The van der Waals surface area contributed by atoms with Crippen LogP contribution < -0.4 is 4.74 Å². The zero-order valence-corrected chi connectivity index (χ0v) is 24.4. The molecule has 0 heterocycles. The van der Waals surface area contributed by atoms with E-state index in [1.807, 2.05) is 45.0 Å². The molecule has 38 heavy (non-hydrogen) atoms. The molecule has 0 N–H and O–H groups in total. The summed E-state index contributed by atoms with van der Waals surface area (Å²) in [7, 11) is 0. The average Bonchev–Trinajstić information content (AvgIpc) is 2.87. The van der Waals surface area contributed by atoms with Gasteiger partial charge in [-0.05, 0) is 123 Å². The third kappa shape index (κ3) is 4.87. The summed E-state index contributed by atoms with van der Waals surface area (Å²) < 4.78 is 6.15. The van der Waals surface area contributed by atoms with Crippen LogP contribution in [-0.4, -0.2) is 11.6 Å². The quantitative estimate of drug-likeness (QED) is 0.286. The van der Waals surface area contributed by atoms with Gasteiger partial charge in [0.2, 0.25) is 0 Å².